The summed E-state index contributed by atoms with van der Waals surface area (Å²) in [5, 5.41) is 17.5. The van der Waals surface area contributed by atoms with Gasteiger partial charge in [-0.15, -0.1) is 0 Å². The molecule has 0 fully saturated rings. The molecule has 102 valence electrons. The van der Waals surface area contributed by atoms with Gasteiger partial charge in [-0.1, -0.05) is 0 Å². The highest BCUT2D eigenvalue weighted by Crippen LogP contribution is 2.33. The maximum absolute atomic E-state index is 12.7. The minimum Gasteiger partial charge on any atom is -0.478 e. The molecule has 0 aliphatic carbocycles. The van der Waals surface area contributed by atoms with Crippen LogP contribution in [0.2, 0.25) is 0 Å². The van der Waals surface area contributed by atoms with Crippen molar-refractivity contribution in [3.63, 3.8) is 0 Å². The molecule has 0 atom stereocenters. The topological polar surface area (TPSA) is 78.9 Å². The van der Waals surface area contributed by atoms with Gasteiger partial charge in [0.2, 0.25) is 0 Å². The molecule has 2 rings (SSSR count). The summed E-state index contributed by atoms with van der Waals surface area (Å²) in [4.78, 5) is 14.7. The van der Waals surface area contributed by atoms with Gasteiger partial charge in [0.05, 0.1) is 22.8 Å². The molecule has 0 unspecified atom stereocenters. The van der Waals surface area contributed by atoms with Crippen molar-refractivity contribution in [3.05, 3.63) is 47.4 Å². The molecule has 2 aromatic heterocycles. The number of hydrogen-bond acceptors (Lipinski definition) is 3. The van der Waals surface area contributed by atoms with E-state index in [9.17, 15) is 18.0 Å². The fourth-order valence-electron chi connectivity index (χ4n) is 1.61. The summed E-state index contributed by atoms with van der Waals surface area (Å²) in [6, 6.07) is 4.46. The average molecular weight is 281 g/mol. The third kappa shape index (κ3) is 2.47. The number of rotatable bonds is 2. The largest absolute Gasteiger partial charge is 0.478 e. The summed E-state index contributed by atoms with van der Waals surface area (Å²) in [5.74, 6) is -1.66. The SMILES string of the molecule is N#Cc1ccnc(-n2cc(C(=O)O)c(C(F)(F)F)c2)c1. The zero-order chi connectivity index (χ0) is 14.9. The predicted octanol–water partition coefficient (Wildman–Crippen LogP) is 2.46. The number of aromatic carboxylic acids is 1. The number of halogens is 3. The molecule has 0 bridgehead atoms. The minimum absolute atomic E-state index is 0.0297. The second-order valence-electron chi connectivity index (χ2n) is 3.81. The lowest BCUT2D eigenvalue weighted by Crippen LogP contribution is -2.09. The number of carboxylic acids is 1. The molecular formula is C12H6F3N3O2. The molecule has 0 radical (unpaired) electrons. The minimum atomic E-state index is -4.79. The van der Waals surface area contributed by atoms with Crippen LogP contribution in [-0.2, 0) is 6.18 Å². The standard InChI is InChI=1S/C12H6F3N3O2/c13-12(14,15)9-6-18(5-8(9)11(19)20)10-3-7(4-16)1-2-17-10/h1-3,5-6H,(H,19,20). The fourth-order valence-corrected chi connectivity index (χ4v) is 1.61. The van der Waals surface area contributed by atoms with E-state index in [4.69, 9.17) is 10.4 Å². The van der Waals surface area contributed by atoms with Crippen LogP contribution >= 0.6 is 0 Å². The Bertz CT molecular complexity index is 713. The second-order valence-corrected chi connectivity index (χ2v) is 3.81. The highest BCUT2D eigenvalue weighted by atomic mass is 19.4. The van der Waals surface area contributed by atoms with Gasteiger partial charge >= 0.3 is 12.1 Å². The highest BCUT2D eigenvalue weighted by molar-refractivity contribution is 5.89. The van der Waals surface area contributed by atoms with E-state index in [1.54, 1.807) is 0 Å². The van der Waals surface area contributed by atoms with Crippen LogP contribution in [0.3, 0.4) is 0 Å². The predicted molar refractivity (Wildman–Crippen MR) is 60.2 cm³/mol. The molecule has 5 nitrogen and oxygen atoms in total. The third-order valence-electron chi connectivity index (χ3n) is 2.50. The van der Waals surface area contributed by atoms with Crippen molar-refractivity contribution in [1.29, 1.82) is 5.26 Å². The lowest BCUT2D eigenvalue weighted by Gasteiger charge is -2.04. The molecule has 2 heterocycles. The summed E-state index contributed by atoms with van der Waals surface area (Å²) in [7, 11) is 0. The van der Waals surface area contributed by atoms with E-state index in [0.29, 0.717) is 6.20 Å². The molecule has 0 amide bonds. The van der Waals surface area contributed by atoms with Crippen LogP contribution in [0, 0.1) is 11.3 Å². The van der Waals surface area contributed by atoms with Gasteiger partial charge < -0.3 is 9.67 Å². The van der Waals surface area contributed by atoms with Gasteiger partial charge in [0.25, 0.3) is 0 Å². The van der Waals surface area contributed by atoms with E-state index >= 15 is 0 Å². The van der Waals surface area contributed by atoms with Crippen LogP contribution in [0.4, 0.5) is 13.2 Å². The second kappa shape index (κ2) is 4.70. The molecule has 0 spiro atoms. The molecule has 1 N–H and O–H groups in total. The Hall–Kier alpha value is -2.82. The first-order chi connectivity index (χ1) is 9.32. The molecule has 0 aromatic carbocycles. The number of carbonyl (C=O) groups is 1. The number of pyridine rings is 1. The van der Waals surface area contributed by atoms with Crippen LogP contribution < -0.4 is 0 Å². The Morgan fingerprint density at radius 2 is 2.10 bits per heavy atom. The molecule has 20 heavy (non-hydrogen) atoms. The van der Waals surface area contributed by atoms with Crippen molar-refractivity contribution in [3.8, 4) is 11.9 Å². The molecule has 2 aromatic rings. The normalized spacial score (nSPS) is 11.1. The van der Waals surface area contributed by atoms with Crippen molar-refractivity contribution < 1.29 is 23.1 Å². The number of carboxylic acid groups (broad SMARTS) is 1. The van der Waals surface area contributed by atoms with Crippen LogP contribution in [0.25, 0.3) is 5.82 Å². The molecule has 0 aliphatic rings. The molecule has 0 saturated carbocycles. The number of alkyl halides is 3. The Balaban J connectivity index is 2.59. The van der Waals surface area contributed by atoms with Gasteiger partial charge in [0.1, 0.15) is 5.82 Å². The van der Waals surface area contributed by atoms with Crippen molar-refractivity contribution in [2.24, 2.45) is 0 Å². The molecule has 0 saturated heterocycles. The first-order valence-corrected chi connectivity index (χ1v) is 5.22. The van der Waals surface area contributed by atoms with E-state index in [1.807, 2.05) is 6.07 Å². The number of aromatic nitrogens is 2. The third-order valence-corrected chi connectivity index (χ3v) is 2.50. The maximum Gasteiger partial charge on any atom is 0.418 e. The quantitative estimate of drug-likeness (QED) is 0.917. The van der Waals surface area contributed by atoms with E-state index in [0.717, 1.165) is 10.8 Å². The summed E-state index contributed by atoms with van der Waals surface area (Å²) in [6.45, 7) is 0. The summed E-state index contributed by atoms with van der Waals surface area (Å²) in [6.07, 6.45) is -2.09. The lowest BCUT2D eigenvalue weighted by atomic mass is 10.2. The summed E-state index contributed by atoms with van der Waals surface area (Å²) < 4.78 is 39.1. The van der Waals surface area contributed by atoms with Gasteiger partial charge in [-0.05, 0) is 12.1 Å². The number of hydrogen-bond donors (Lipinski definition) is 1. The van der Waals surface area contributed by atoms with E-state index in [1.165, 1.54) is 18.3 Å². The Morgan fingerprint density at radius 3 is 2.60 bits per heavy atom. The van der Waals surface area contributed by atoms with Crippen LogP contribution in [-0.4, -0.2) is 20.6 Å². The van der Waals surface area contributed by atoms with Gasteiger partial charge in [-0.3, -0.25) is 0 Å². The smallest absolute Gasteiger partial charge is 0.418 e. The Morgan fingerprint density at radius 1 is 1.40 bits per heavy atom. The maximum atomic E-state index is 12.7. The van der Waals surface area contributed by atoms with E-state index < -0.39 is 23.3 Å². The first kappa shape index (κ1) is 13.6. The van der Waals surface area contributed by atoms with Gasteiger partial charge in [-0.25, -0.2) is 9.78 Å². The number of nitrogens with zero attached hydrogens (tertiary/aromatic N) is 3. The summed E-state index contributed by atoms with van der Waals surface area (Å²) in [5.41, 5.74) is -1.94. The van der Waals surface area contributed by atoms with Crippen molar-refractivity contribution in [2.75, 3.05) is 0 Å². The van der Waals surface area contributed by atoms with Crippen molar-refractivity contribution in [1.82, 2.24) is 9.55 Å². The monoisotopic (exact) mass is 281 g/mol. The van der Waals surface area contributed by atoms with E-state index in [2.05, 4.69) is 4.98 Å². The fraction of sp³-hybridized carbons (Fsp3) is 0.0833. The van der Waals surface area contributed by atoms with Crippen LogP contribution in [0.5, 0.6) is 0 Å². The lowest BCUT2D eigenvalue weighted by molar-refractivity contribution is -0.138. The van der Waals surface area contributed by atoms with E-state index in [-0.39, 0.29) is 11.4 Å². The highest BCUT2D eigenvalue weighted by Gasteiger charge is 2.37. The van der Waals surface area contributed by atoms with Crippen LogP contribution in [0.1, 0.15) is 21.5 Å². The first-order valence-electron chi connectivity index (χ1n) is 5.22. The summed E-state index contributed by atoms with van der Waals surface area (Å²) >= 11 is 0. The molecular weight excluding hydrogens is 275 g/mol. The van der Waals surface area contributed by atoms with Crippen LogP contribution in [0.15, 0.2) is 30.7 Å². The molecule has 0 aliphatic heterocycles. The molecule has 8 heteroatoms. The van der Waals surface area contributed by atoms with Crippen molar-refractivity contribution >= 4 is 5.97 Å². The van der Waals surface area contributed by atoms with Gasteiger partial charge in [0, 0.05) is 18.6 Å². The zero-order valence-electron chi connectivity index (χ0n) is 9.72. The van der Waals surface area contributed by atoms with Gasteiger partial charge in [-0.2, -0.15) is 18.4 Å². The number of nitriles is 1. The Kier molecular flexibility index (Phi) is 3.19. The Labute approximate surface area is 110 Å². The van der Waals surface area contributed by atoms with Crippen molar-refractivity contribution in [2.45, 2.75) is 6.18 Å². The average Bonchev–Trinajstić information content (AvgIpc) is 2.84. The van der Waals surface area contributed by atoms with Gasteiger partial charge in [0.15, 0.2) is 0 Å². The zero-order valence-corrected chi connectivity index (χ0v) is 9.72.